The van der Waals surface area contributed by atoms with E-state index in [0.29, 0.717) is 0 Å². The van der Waals surface area contributed by atoms with Gasteiger partial charge in [0.15, 0.2) is 0 Å². The number of rotatable bonds is 5. The van der Waals surface area contributed by atoms with E-state index < -0.39 is 0 Å². The lowest BCUT2D eigenvalue weighted by molar-refractivity contribution is 0.469. The molecule has 0 atom stereocenters. The monoisotopic (exact) mass is 332 g/mol. The molecule has 0 saturated carbocycles. The number of nitrogens with one attached hydrogen (secondary N) is 1. The van der Waals surface area contributed by atoms with Crippen LogP contribution in [0.15, 0.2) is 53.0 Å². The van der Waals surface area contributed by atoms with Crippen LogP contribution in [0.2, 0.25) is 0 Å². The first-order valence-electron chi connectivity index (χ1n) is 6.78. The Kier molecular flexibility index (Phi) is 4.84. The molecule has 0 spiro atoms. The first-order chi connectivity index (χ1) is 9.47. The molecule has 0 unspecified atom stereocenters. The third-order valence-corrected chi connectivity index (χ3v) is 4.00. The molecule has 0 amide bonds. The van der Waals surface area contributed by atoms with E-state index in [0.717, 1.165) is 23.2 Å². The van der Waals surface area contributed by atoms with Crippen LogP contribution in [0.1, 0.15) is 25.0 Å². The quantitative estimate of drug-likeness (QED) is 0.809. The largest absolute Gasteiger partial charge is 0.399 e. The van der Waals surface area contributed by atoms with Crippen LogP contribution in [0.5, 0.6) is 0 Å². The minimum atomic E-state index is 0.0982. The van der Waals surface area contributed by atoms with Gasteiger partial charge in [0.2, 0.25) is 0 Å². The van der Waals surface area contributed by atoms with E-state index in [1.807, 2.05) is 18.2 Å². The minimum Gasteiger partial charge on any atom is -0.399 e. The Morgan fingerprint density at radius 3 is 2.45 bits per heavy atom. The van der Waals surface area contributed by atoms with E-state index in [9.17, 15) is 0 Å². The number of benzene rings is 2. The number of hydrogen-bond donors (Lipinski definition) is 2. The van der Waals surface area contributed by atoms with Crippen molar-refractivity contribution in [3.63, 3.8) is 0 Å². The highest BCUT2D eigenvalue weighted by atomic mass is 79.9. The molecule has 0 aliphatic heterocycles. The van der Waals surface area contributed by atoms with Crippen molar-refractivity contribution in [3.8, 4) is 0 Å². The minimum absolute atomic E-state index is 0.0982. The van der Waals surface area contributed by atoms with Gasteiger partial charge in [-0.1, -0.05) is 54.0 Å². The lowest BCUT2D eigenvalue weighted by atomic mass is 9.84. The van der Waals surface area contributed by atoms with Crippen molar-refractivity contribution in [2.75, 3.05) is 12.3 Å². The summed E-state index contributed by atoms with van der Waals surface area (Å²) >= 11 is 3.47. The molecule has 0 aliphatic carbocycles. The van der Waals surface area contributed by atoms with Crippen LogP contribution in [0.4, 0.5) is 5.69 Å². The van der Waals surface area contributed by atoms with Gasteiger partial charge in [-0.25, -0.2) is 0 Å². The molecule has 3 heteroatoms. The van der Waals surface area contributed by atoms with Gasteiger partial charge in [0.1, 0.15) is 0 Å². The van der Waals surface area contributed by atoms with E-state index >= 15 is 0 Å². The summed E-state index contributed by atoms with van der Waals surface area (Å²) in [4.78, 5) is 0. The van der Waals surface area contributed by atoms with E-state index in [-0.39, 0.29) is 5.41 Å². The van der Waals surface area contributed by atoms with Crippen molar-refractivity contribution in [2.45, 2.75) is 25.8 Å². The van der Waals surface area contributed by atoms with Crippen LogP contribution in [-0.2, 0) is 12.0 Å². The van der Waals surface area contributed by atoms with Crippen molar-refractivity contribution < 1.29 is 0 Å². The van der Waals surface area contributed by atoms with Gasteiger partial charge in [-0.15, -0.1) is 0 Å². The number of nitrogens with two attached hydrogens (primary N) is 1. The Hall–Kier alpha value is -1.32. The molecule has 20 heavy (non-hydrogen) atoms. The fourth-order valence-corrected chi connectivity index (χ4v) is 2.49. The van der Waals surface area contributed by atoms with Crippen molar-refractivity contribution in [2.24, 2.45) is 0 Å². The van der Waals surface area contributed by atoms with Crippen LogP contribution in [0, 0.1) is 0 Å². The number of hydrogen-bond acceptors (Lipinski definition) is 2. The summed E-state index contributed by atoms with van der Waals surface area (Å²) in [7, 11) is 0. The lowest BCUT2D eigenvalue weighted by Gasteiger charge is -2.26. The van der Waals surface area contributed by atoms with Gasteiger partial charge in [-0.2, -0.15) is 0 Å². The Morgan fingerprint density at radius 2 is 1.80 bits per heavy atom. The van der Waals surface area contributed by atoms with Gasteiger partial charge in [0.25, 0.3) is 0 Å². The van der Waals surface area contributed by atoms with Crippen molar-refractivity contribution in [3.05, 3.63) is 64.1 Å². The number of anilines is 1. The Balaban J connectivity index is 1.94. The summed E-state index contributed by atoms with van der Waals surface area (Å²) < 4.78 is 1.12. The van der Waals surface area contributed by atoms with Gasteiger partial charge < -0.3 is 11.1 Å². The Bertz CT molecular complexity index is 561. The van der Waals surface area contributed by atoms with E-state index in [4.69, 9.17) is 5.73 Å². The molecule has 0 bridgehead atoms. The van der Waals surface area contributed by atoms with Gasteiger partial charge in [-0.05, 0) is 35.4 Å². The predicted octanol–water partition coefficient (Wildman–Crippen LogP) is 4.10. The van der Waals surface area contributed by atoms with E-state index in [1.54, 1.807) is 0 Å². The second-order valence-electron chi connectivity index (χ2n) is 5.74. The highest BCUT2D eigenvalue weighted by Crippen LogP contribution is 2.24. The maximum atomic E-state index is 5.79. The average Bonchev–Trinajstić information content (AvgIpc) is 2.39. The fourth-order valence-electron chi connectivity index (χ4n) is 2.23. The molecule has 0 aromatic heterocycles. The molecule has 0 aliphatic rings. The highest BCUT2D eigenvalue weighted by Gasteiger charge is 2.19. The van der Waals surface area contributed by atoms with Crippen molar-refractivity contribution >= 4 is 21.6 Å². The van der Waals surface area contributed by atoms with Crippen LogP contribution in [-0.4, -0.2) is 6.54 Å². The molecule has 3 N–H and O–H groups in total. The van der Waals surface area contributed by atoms with Crippen molar-refractivity contribution in [1.29, 1.82) is 0 Å². The van der Waals surface area contributed by atoms with E-state index in [1.165, 1.54) is 11.1 Å². The van der Waals surface area contributed by atoms with Crippen LogP contribution >= 0.6 is 15.9 Å². The summed E-state index contributed by atoms with van der Waals surface area (Å²) in [5.41, 5.74) is 9.26. The topological polar surface area (TPSA) is 38.0 Å². The maximum Gasteiger partial charge on any atom is 0.0317 e. The third kappa shape index (κ3) is 4.09. The van der Waals surface area contributed by atoms with Gasteiger partial charge in [0, 0.05) is 28.7 Å². The summed E-state index contributed by atoms with van der Waals surface area (Å²) in [5, 5.41) is 3.51. The summed E-state index contributed by atoms with van der Waals surface area (Å²) in [5.74, 6) is 0. The SMILES string of the molecule is CC(C)(CNCc1cccc(N)c1)c1ccc(Br)cc1. The Morgan fingerprint density at radius 1 is 1.10 bits per heavy atom. The first-order valence-corrected chi connectivity index (χ1v) is 7.58. The molecule has 0 saturated heterocycles. The van der Waals surface area contributed by atoms with Crippen molar-refractivity contribution in [1.82, 2.24) is 5.32 Å². The fraction of sp³-hybridized carbons (Fsp3) is 0.294. The molecule has 2 rings (SSSR count). The van der Waals surface area contributed by atoms with Gasteiger partial charge >= 0.3 is 0 Å². The van der Waals surface area contributed by atoms with Crippen LogP contribution in [0.25, 0.3) is 0 Å². The average molecular weight is 333 g/mol. The molecule has 0 fully saturated rings. The zero-order valence-corrected chi connectivity index (χ0v) is 13.6. The lowest BCUT2D eigenvalue weighted by Crippen LogP contribution is -2.32. The molecule has 2 nitrogen and oxygen atoms in total. The zero-order chi connectivity index (χ0) is 14.6. The smallest absolute Gasteiger partial charge is 0.0317 e. The molecule has 0 heterocycles. The number of halogens is 1. The summed E-state index contributed by atoms with van der Waals surface area (Å²) in [6.07, 6.45) is 0. The molecular weight excluding hydrogens is 312 g/mol. The normalized spacial score (nSPS) is 11.6. The maximum absolute atomic E-state index is 5.79. The molecule has 0 radical (unpaired) electrons. The molecule has 106 valence electrons. The second-order valence-corrected chi connectivity index (χ2v) is 6.66. The zero-order valence-electron chi connectivity index (χ0n) is 12.0. The summed E-state index contributed by atoms with van der Waals surface area (Å²) in [6.45, 7) is 6.26. The Labute approximate surface area is 129 Å². The molecule has 2 aromatic carbocycles. The predicted molar refractivity (Wildman–Crippen MR) is 89.7 cm³/mol. The number of nitrogen functional groups attached to an aromatic ring is 1. The standard InChI is InChI=1S/C17H21BrN2/c1-17(2,14-6-8-15(18)9-7-14)12-20-11-13-4-3-5-16(19)10-13/h3-10,20H,11-12,19H2,1-2H3. The first kappa shape index (κ1) is 15.1. The molecular formula is C17H21BrN2. The molecule has 2 aromatic rings. The summed E-state index contributed by atoms with van der Waals surface area (Å²) in [6, 6.07) is 16.5. The third-order valence-electron chi connectivity index (χ3n) is 3.47. The van der Waals surface area contributed by atoms with E-state index in [2.05, 4.69) is 65.4 Å². The van der Waals surface area contributed by atoms with Crippen LogP contribution in [0.3, 0.4) is 0 Å². The highest BCUT2D eigenvalue weighted by molar-refractivity contribution is 9.10. The van der Waals surface area contributed by atoms with Crippen LogP contribution < -0.4 is 11.1 Å². The van der Waals surface area contributed by atoms with Gasteiger partial charge in [-0.3, -0.25) is 0 Å². The second kappa shape index (κ2) is 6.42. The van der Waals surface area contributed by atoms with Gasteiger partial charge in [0.05, 0.1) is 0 Å².